The summed E-state index contributed by atoms with van der Waals surface area (Å²) in [4.78, 5) is 0. The van der Waals surface area contributed by atoms with Crippen molar-refractivity contribution in [2.45, 2.75) is 19.6 Å². The van der Waals surface area contributed by atoms with Gasteiger partial charge in [-0.1, -0.05) is 57.3 Å². The molecule has 0 fully saturated rings. The molecule has 3 aromatic carbocycles. The van der Waals surface area contributed by atoms with Gasteiger partial charge in [0.25, 0.3) is 0 Å². The Bertz CT molecular complexity index is 934. The lowest BCUT2D eigenvalue weighted by atomic mass is 10.1. The maximum Gasteiger partial charge on any atom is 0.124 e. The Labute approximate surface area is 182 Å². The lowest BCUT2D eigenvalue weighted by Crippen LogP contribution is -2.17. The Hall–Kier alpha value is -1.59. The number of ether oxygens (including phenoxy) is 1. The zero-order valence-electron chi connectivity index (χ0n) is 15.0. The van der Waals surface area contributed by atoms with E-state index < -0.39 is 0 Å². The fourth-order valence-electron chi connectivity index (χ4n) is 2.73. The molecule has 0 aromatic heterocycles. The molecule has 0 unspecified atom stereocenters. The van der Waals surface area contributed by atoms with Gasteiger partial charge < -0.3 is 10.1 Å². The minimum atomic E-state index is -0.358. The van der Waals surface area contributed by atoms with Crippen LogP contribution in [0.5, 0.6) is 5.75 Å². The second kappa shape index (κ2) is 10.3. The Morgan fingerprint density at radius 2 is 1.71 bits per heavy atom. The summed E-state index contributed by atoms with van der Waals surface area (Å²) in [6, 6.07) is 18.0. The highest BCUT2D eigenvalue weighted by atomic mass is 79.9. The summed E-state index contributed by atoms with van der Waals surface area (Å²) in [5, 5.41) is 4.55. The topological polar surface area (TPSA) is 21.3 Å². The van der Waals surface area contributed by atoms with Crippen molar-refractivity contribution in [3.8, 4) is 5.75 Å². The fourth-order valence-corrected chi connectivity index (χ4v) is 3.48. The molecule has 2 nitrogen and oxygen atoms in total. The van der Waals surface area contributed by atoms with Gasteiger partial charge >= 0.3 is 0 Å². The first-order valence-corrected chi connectivity index (χ1v) is 10.4. The van der Waals surface area contributed by atoms with Crippen LogP contribution in [0.15, 0.2) is 65.1 Å². The molecule has 28 heavy (non-hydrogen) atoms. The van der Waals surface area contributed by atoms with Gasteiger partial charge in [-0.15, -0.1) is 0 Å². The van der Waals surface area contributed by atoms with E-state index in [1.165, 1.54) is 17.7 Å². The monoisotopic (exact) mass is 481 g/mol. The summed E-state index contributed by atoms with van der Waals surface area (Å²) in [5.74, 6) is 0.408. The summed E-state index contributed by atoms with van der Waals surface area (Å²) in [6.45, 7) is 1.77. The molecule has 0 radical (unpaired) electrons. The number of nitrogens with one attached hydrogen (secondary N) is 1. The quantitative estimate of drug-likeness (QED) is 0.356. The highest BCUT2D eigenvalue weighted by molar-refractivity contribution is 9.10. The number of halogens is 4. The first-order valence-electron chi connectivity index (χ1n) is 8.81. The van der Waals surface area contributed by atoms with Crippen molar-refractivity contribution in [2.24, 2.45) is 0 Å². The van der Waals surface area contributed by atoms with E-state index in [0.717, 1.165) is 39.3 Å². The first kappa shape index (κ1) is 21.1. The summed E-state index contributed by atoms with van der Waals surface area (Å²) in [5.41, 5.74) is 3.00. The SMILES string of the molecule is Fc1ccc(COc2ccc(Br)cc2CNCCc2ccc(Cl)cc2)c(Cl)c1. The Morgan fingerprint density at radius 1 is 0.929 bits per heavy atom. The molecule has 6 heteroatoms. The summed E-state index contributed by atoms with van der Waals surface area (Å²) in [7, 11) is 0. The first-order chi connectivity index (χ1) is 13.5. The van der Waals surface area contributed by atoms with Crippen molar-refractivity contribution in [3.63, 3.8) is 0 Å². The number of rotatable bonds is 8. The zero-order valence-corrected chi connectivity index (χ0v) is 18.1. The van der Waals surface area contributed by atoms with Crippen molar-refractivity contribution in [3.05, 3.63) is 97.7 Å². The Balaban J connectivity index is 1.58. The molecule has 146 valence electrons. The maximum atomic E-state index is 13.2. The van der Waals surface area contributed by atoms with E-state index in [1.54, 1.807) is 6.07 Å². The summed E-state index contributed by atoms with van der Waals surface area (Å²) >= 11 is 15.5. The van der Waals surface area contributed by atoms with Crippen molar-refractivity contribution < 1.29 is 9.13 Å². The van der Waals surface area contributed by atoms with Crippen LogP contribution in [0.1, 0.15) is 16.7 Å². The average molecular weight is 483 g/mol. The van der Waals surface area contributed by atoms with E-state index in [2.05, 4.69) is 21.2 Å². The third-order valence-corrected chi connectivity index (χ3v) is 5.34. The predicted molar refractivity (Wildman–Crippen MR) is 117 cm³/mol. The molecule has 0 saturated carbocycles. The standard InChI is InChI=1S/C22H19BrCl2FNO/c23-18-4-8-22(28-14-16-3-7-20(26)12-21(16)25)17(11-18)13-27-10-9-15-1-5-19(24)6-2-15/h1-8,11-12,27H,9-10,13-14H2. The summed E-state index contributed by atoms with van der Waals surface area (Å²) in [6.07, 6.45) is 0.909. The number of hydrogen-bond donors (Lipinski definition) is 1. The molecule has 3 rings (SSSR count). The van der Waals surface area contributed by atoms with Gasteiger partial charge in [0.15, 0.2) is 0 Å². The van der Waals surface area contributed by atoms with Crippen LogP contribution in [0.25, 0.3) is 0 Å². The second-order valence-corrected chi connectivity index (χ2v) is 8.09. The molecular formula is C22H19BrCl2FNO. The van der Waals surface area contributed by atoms with E-state index in [0.29, 0.717) is 11.6 Å². The number of benzene rings is 3. The van der Waals surface area contributed by atoms with Gasteiger partial charge in [-0.25, -0.2) is 4.39 Å². The highest BCUT2D eigenvalue weighted by Gasteiger charge is 2.08. The third-order valence-electron chi connectivity index (χ3n) is 4.24. The lowest BCUT2D eigenvalue weighted by molar-refractivity contribution is 0.302. The molecule has 0 amide bonds. The minimum Gasteiger partial charge on any atom is -0.489 e. The van der Waals surface area contributed by atoms with Crippen LogP contribution in [-0.4, -0.2) is 6.54 Å². The van der Waals surface area contributed by atoms with Gasteiger partial charge in [-0.2, -0.15) is 0 Å². The van der Waals surface area contributed by atoms with Gasteiger partial charge in [-0.05, 0) is 61.0 Å². The van der Waals surface area contributed by atoms with Gasteiger partial charge in [0.1, 0.15) is 18.2 Å². The molecule has 0 aliphatic heterocycles. The van der Waals surface area contributed by atoms with E-state index >= 15 is 0 Å². The van der Waals surface area contributed by atoms with Gasteiger partial charge in [0.05, 0.1) is 5.02 Å². The average Bonchev–Trinajstić information content (AvgIpc) is 2.67. The number of hydrogen-bond acceptors (Lipinski definition) is 2. The molecule has 0 aliphatic carbocycles. The highest BCUT2D eigenvalue weighted by Crippen LogP contribution is 2.26. The minimum absolute atomic E-state index is 0.276. The van der Waals surface area contributed by atoms with Crippen molar-refractivity contribution in [1.29, 1.82) is 0 Å². The van der Waals surface area contributed by atoms with Crippen LogP contribution in [-0.2, 0) is 19.6 Å². The Kier molecular flexibility index (Phi) is 7.74. The van der Waals surface area contributed by atoms with Crippen molar-refractivity contribution in [2.75, 3.05) is 6.54 Å². The smallest absolute Gasteiger partial charge is 0.124 e. The maximum absolute atomic E-state index is 13.2. The zero-order chi connectivity index (χ0) is 19.9. The second-order valence-electron chi connectivity index (χ2n) is 6.33. The fraction of sp³-hybridized carbons (Fsp3) is 0.182. The van der Waals surface area contributed by atoms with Crippen LogP contribution >= 0.6 is 39.1 Å². The van der Waals surface area contributed by atoms with Crippen LogP contribution in [0.4, 0.5) is 4.39 Å². The van der Waals surface area contributed by atoms with Gasteiger partial charge in [0.2, 0.25) is 0 Å². The molecule has 0 heterocycles. The lowest BCUT2D eigenvalue weighted by Gasteiger charge is -2.14. The normalized spacial score (nSPS) is 10.9. The van der Waals surface area contributed by atoms with Crippen LogP contribution in [0.3, 0.4) is 0 Å². The summed E-state index contributed by atoms with van der Waals surface area (Å²) < 4.78 is 20.1. The van der Waals surface area contributed by atoms with Crippen molar-refractivity contribution in [1.82, 2.24) is 5.32 Å². The molecule has 0 atom stereocenters. The predicted octanol–water partition coefficient (Wildman–Crippen LogP) is 6.81. The molecule has 0 spiro atoms. The third kappa shape index (κ3) is 6.21. The van der Waals surface area contributed by atoms with E-state index in [-0.39, 0.29) is 12.4 Å². The van der Waals surface area contributed by atoms with E-state index in [1.807, 2.05) is 42.5 Å². The molecule has 0 aliphatic rings. The van der Waals surface area contributed by atoms with Gasteiger partial charge in [-0.3, -0.25) is 0 Å². The van der Waals surface area contributed by atoms with E-state index in [4.69, 9.17) is 27.9 Å². The molecule has 0 bridgehead atoms. The Morgan fingerprint density at radius 3 is 2.46 bits per heavy atom. The van der Waals surface area contributed by atoms with Gasteiger partial charge in [0, 0.05) is 27.2 Å². The van der Waals surface area contributed by atoms with E-state index in [9.17, 15) is 4.39 Å². The molecular weight excluding hydrogens is 464 g/mol. The van der Waals surface area contributed by atoms with Crippen LogP contribution in [0, 0.1) is 5.82 Å². The largest absolute Gasteiger partial charge is 0.489 e. The van der Waals surface area contributed by atoms with Crippen LogP contribution < -0.4 is 10.1 Å². The van der Waals surface area contributed by atoms with Crippen molar-refractivity contribution >= 4 is 39.1 Å². The molecule has 1 N–H and O–H groups in total. The molecule has 3 aromatic rings. The van der Waals surface area contributed by atoms with Crippen LogP contribution in [0.2, 0.25) is 10.0 Å². The molecule has 0 saturated heterocycles.